The fourth-order valence-corrected chi connectivity index (χ4v) is 3.80. The number of aromatic nitrogens is 1. The van der Waals surface area contributed by atoms with Crippen molar-refractivity contribution in [1.82, 2.24) is 10.3 Å². The first-order chi connectivity index (χ1) is 9.97. The molecule has 0 aliphatic heterocycles. The summed E-state index contributed by atoms with van der Waals surface area (Å²) in [6, 6.07) is 2.21. The van der Waals surface area contributed by atoms with Crippen molar-refractivity contribution in [1.29, 1.82) is 0 Å². The molecule has 0 saturated heterocycles. The minimum Gasteiger partial charge on any atom is -0.397 e. The number of aryl methyl sites for hydroxylation is 2. The molecule has 5 heteroatoms. The minimum absolute atomic E-state index is 0.0638. The molecule has 1 unspecified atom stereocenters. The van der Waals surface area contributed by atoms with Gasteiger partial charge in [0.1, 0.15) is 4.88 Å². The highest BCUT2D eigenvalue weighted by atomic mass is 32.1. The molecule has 0 radical (unpaired) electrons. The maximum Gasteiger partial charge on any atom is 0.263 e. The fourth-order valence-electron chi connectivity index (χ4n) is 2.63. The first kappa shape index (κ1) is 15.8. The summed E-state index contributed by atoms with van der Waals surface area (Å²) in [6.45, 7) is 8.11. The highest BCUT2D eigenvalue weighted by Crippen LogP contribution is 2.35. The molecule has 0 aliphatic carbocycles. The smallest absolute Gasteiger partial charge is 0.263 e. The number of hydrogen-bond donors (Lipinski definition) is 2. The van der Waals surface area contributed by atoms with E-state index in [-0.39, 0.29) is 11.9 Å². The van der Waals surface area contributed by atoms with E-state index >= 15 is 0 Å². The quantitative estimate of drug-likeness (QED) is 0.882. The number of thiophene rings is 1. The molecule has 3 N–H and O–H groups in total. The summed E-state index contributed by atoms with van der Waals surface area (Å²) in [7, 11) is 0. The Morgan fingerprint density at radius 1 is 1.43 bits per heavy atom. The van der Waals surface area contributed by atoms with Crippen molar-refractivity contribution in [2.75, 3.05) is 5.73 Å². The van der Waals surface area contributed by atoms with Crippen molar-refractivity contribution in [3.05, 3.63) is 22.3 Å². The molecule has 0 bridgehead atoms. The van der Waals surface area contributed by atoms with Gasteiger partial charge in [-0.05, 0) is 32.8 Å². The SMILES string of the molecule is CCCC(CC)NC(=O)c1sc2cc(C)nc(C)c2c1N. The van der Waals surface area contributed by atoms with E-state index in [9.17, 15) is 4.79 Å². The van der Waals surface area contributed by atoms with E-state index in [0.717, 1.165) is 40.7 Å². The van der Waals surface area contributed by atoms with Gasteiger partial charge >= 0.3 is 0 Å². The van der Waals surface area contributed by atoms with Crippen molar-refractivity contribution in [3.63, 3.8) is 0 Å². The Labute approximate surface area is 129 Å². The summed E-state index contributed by atoms with van der Waals surface area (Å²) in [4.78, 5) is 17.5. The number of hydrogen-bond acceptors (Lipinski definition) is 4. The van der Waals surface area contributed by atoms with Gasteiger partial charge in [0.15, 0.2) is 0 Å². The van der Waals surface area contributed by atoms with Crippen molar-refractivity contribution >= 4 is 33.0 Å². The van der Waals surface area contributed by atoms with Crippen molar-refractivity contribution < 1.29 is 4.79 Å². The predicted octanol–water partition coefficient (Wildman–Crippen LogP) is 3.80. The number of nitrogen functional groups attached to an aromatic ring is 1. The van der Waals surface area contributed by atoms with Crippen molar-refractivity contribution in [2.24, 2.45) is 0 Å². The lowest BCUT2D eigenvalue weighted by Crippen LogP contribution is -2.34. The molecule has 1 amide bonds. The summed E-state index contributed by atoms with van der Waals surface area (Å²) in [5.41, 5.74) is 8.59. The Hall–Kier alpha value is -1.62. The van der Waals surface area contributed by atoms with Crippen LogP contribution in [0.2, 0.25) is 0 Å². The standard InChI is InChI=1S/C16H23N3OS/c1-5-7-11(6-2)19-16(20)15-14(17)13-10(4)18-9(3)8-12(13)21-15/h8,11H,5-7,17H2,1-4H3,(H,19,20). The molecule has 4 nitrogen and oxygen atoms in total. The third-order valence-electron chi connectivity index (χ3n) is 3.69. The number of carbonyl (C=O) groups is 1. The second kappa shape index (κ2) is 6.43. The van der Waals surface area contributed by atoms with Gasteiger partial charge in [0.2, 0.25) is 0 Å². The van der Waals surface area contributed by atoms with Crippen LogP contribution >= 0.6 is 11.3 Å². The Kier molecular flexibility index (Phi) is 4.83. The van der Waals surface area contributed by atoms with E-state index < -0.39 is 0 Å². The summed E-state index contributed by atoms with van der Waals surface area (Å²) in [6.07, 6.45) is 2.99. The van der Waals surface area contributed by atoms with E-state index in [4.69, 9.17) is 5.73 Å². The van der Waals surface area contributed by atoms with E-state index in [2.05, 4.69) is 24.1 Å². The van der Waals surface area contributed by atoms with Gasteiger partial charge in [-0.2, -0.15) is 0 Å². The molecule has 2 heterocycles. The summed E-state index contributed by atoms with van der Waals surface area (Å²) >= 11 is 1.45. The number of carbonyl (C=O) groups excluding carboxylic acids is 1. The highest BCUT2D eigenvalue weighted by molar-refractivity contribution is 7.21. The molecule has 21 heavy (non-hydrogen) atoms. The van der Waals surface area contributed by atoms with Gasteiger partial charge in [-0.25, -0.2) is 0 Å². The number of nitrogens with zero attached hydrogens (tertiary/aromatic N) is 1. The van der Waals surface area contributed by atoms with Crippen LogP contribution in [0.15, 0.2) is 6.07 Å². The van der Waals surface area contributed by atoms with E-state index in [1.165, 1.54) is 11.3 Å². The van der Waals surface area contributed by atoms with Crippen LogP contribution in [0.25, 0.3) is 10.1 Å². The molecule has 2 aromatic rings. The fraction of sp³-hybridized carbons (Fsp3) is 0.500. The average Bonchev–Trinajstić information content (AvgIpc) is 2.75. The molecule has 0 aliphatic rings. The molecule has 2 aromatic heterocycles. The monoisotopic (exact) mass is 305 g/mol. The second-order valence-corrected chi connectivity index (χ2v) is 6.49. The maximum absolute atomic E-state index is 12.5. The zero-order valence-corrected chi connectivity index (χ0v) is 13.9. The zero-order chi connectivity index (χ0) is 15.6. The molecule has 1 atom stereocenters. The van der Waals surface area contributed by atoms with Gasteiger partial charge in [0, 0.05) is 27.5 Å². The van der Waals surface area contributed by atoms with Crippen LogP contribution in [-0.4, -0.2) is 16.9 Å². The van der Waals surface area contributed by atoms with Gasteiger partial charge < -0.3 is 11.1 Å². The number of pyridine rings is 1. The lowest BCUT2D eigenvalue weighted by Gasteiger charge is -2.15. The Balaban J connectivity index is 2.36. The summed E-state index contributed by atoms with van der Waals surface area (Å²) in [5, 5.41) is 4.01. The lowest BCUT2D eigenvalue weighted by atomic mass is 10.1. The number of fused-ring (bicyclic) bond motifs is 1. The molecular formula is C16H23N3OS. The molecule has 0 saturated carbocycles. The third kappa shape index (κ3) is 3.18. The summed E-state index contributed by atoms with van der Waals surface area (Å²) < 4.78 is 1.03. The number of rotatable bonds is 5. The molecule has 114 valence electrons. The van der Waals surface area contributed by atoms with Crippen LogP contribution in [-0.2, 0) is 0 Å². The topological polar surface area (TPSA) is 68.0 Å². The third-order valence-corrected chi connectivity index (χ3v) is 4.84. The van der Waals surface area contributed by atoms with E-state index in [1.807, 2.05) is 19.9 Å². The minimum atomic E-state index is -0.0638. The normalized spacial score (nSPS) is 12.6. The molecule has 0 aromatic carbocycles. The molecule has 0 fully saturated rings. The number of amides is 1. The largest absolute Gasteiger partial charge is 0.397 e. The first-order valence-electron chi connectivity index (χ1n) is 7.44. The number of nitrogens with one attached hydrogen (secondary N) is 1. The van der Waals surface area contributed by atoms with Crippen LogP contribution in [0.4, 0.5) is 5.69 Å². The zero-order valence-electron chi connectivity index (χ0n) is 13.1. The van der Waals surface area contributed by atoms with Crippen LogP contribution < -0.4 is 11.1 Å². The van der Waals surface area contributed by atoms with E-state index in [0.29, 0.717) is 10.6 Å². The van der Waals surface area contributed by atoms with Gasteiger partial charge in [0.05, 0.1) is 5.69 Å². The number of nitrogens with two attached hydrogens (primary N) is 1. The van der Waals surface area contributed by atoms with E-state index in [1.54, 1.807) is 0 Å². The van der Waals surface area contributed by atoms with Gasteiger partial charge in [-0.15, -0.1) is 11.3 Å². The highest BCUT2D eigenvalue weighted by Gasteiger charge is 2.20. The lowest BCUT2D eigenvalue weighted by molar-refractivity contribution is 0.0938. The van der Waals surface area contributed by atoms with Crippen LogP contribution in [0.3, 0.4) is 0 Å². The number of anilines is 1. The molecule has 0 spiro atoms. The van der Waals surface area contributed by atoms with Crippen molar-refractivity contribution in [3.8, 4) is 0 Å². The molecule has 2 rings (SSSR count). The van der Waals surface area contributed by atoms with Gasteiger partial charge in [-0.1, -0.05) is 20.3 Å². The maximum atomic E-state index is 12.5. The van der Waals surface area contributed by atoms with Gasteiger partial charge in [0.25, 0.3) is 5.91 Å². The second-order valence-electron chi connectivity index (χ2n) is 5.43. The van der Waals surface area contributed by atoms with Crippen LogP contribution in [0.5, 0.6) is 0 Å². The van der Waals surface area contributed by atoms with Crippen molar-refractivity contribution in [2.45, 2.75) is 53.0 Å². The Bertz CT molecular complexity index is 663. The Morgan fingerprint density at radius 2 is 2.14 bits per heavy atom. The predicted molar refractivity (Wildman–Crippen MR) is 90.0 cm³/mol. The average molecular weight is 305 g/mol. The Morgan fingerprint density at radius 3 is 2.76 bits per heavy atom. The molecular weight excluding hydrogens is 282 g/mol. The van der Waals surface area contributed by atoms with Crippen LogP contribution in [0.1, 0.15) is 54.2 Å². The first-order valence-corrected chi connectivity index (χ1v) is 8.26. The van der Waals surface area contributed by atoms with Gasteiger partial charge in [-0.3, -0.25) is 9.78 Å². The van der Waals surface area contributed by atoms with Crippen LogP contribution in [0, 0.1) is 13.8 Å². The summed E-state index contributed by atoms with van der Waals surface area (Å²) in [5.74, 6) is -0.0638.